The molecule has 0 atom stereocenters. The molecule has 6 nitrogen and oxygen atoms in total. The Morgan fingerprint density at radius 1 is 0.810 bits per heavy atom. The van der Waals surface area contributed by atoms with Gasteiger partial charge in [0.05, 0.1) is 7.11 Å². The van der Waals surface area contributed by atoms with Gasteiger partial charge in [0.2, 0.25) is 0 Å². The van der Waals surface area contributed by atoms with E-state index in [-0.39, 0.29) is 5.97 Å². The molecular formula is C35H40N2O4S. The predicted molar refractivity (Wildman–Crippen MR) is 170 cm³/mol. The van der Waals surface area contributed by atoms with Crippen molar-refractivity contribution in [3.05, 3.63) is 83.4 Å². The monoisotopic (exact) mass is 584 g/mol. The highest BCUT2D eigenvalue weighted by molar-refractivity contribution is 7.22. The molecular weight excluding hydrogens is 544 g/mol. The second-order valence-corrected chi connectivity index (χ2v) is 12.3. The van der Waals surface area contributed by atoms with Crippen LogP contribution in [0.5, 0.6) is 11.5 Å². The molecule has 0 N–H and O–H groups in total. The normalized spacial score (nSPS) is 15.8. The molecule has 4 aromatic rings. The van der Waals surface area contributed by atoms with Gasteiger partial charge in [0.25, 0.3) is 0 Å². The predicted octanol–water partition coefficient (Wildman–Crippen LogP) is 6.89. The zero-order chi connectivity index (χ0) is 28.7. The van der Waals surface area contributed by atoms with Crippen LogP contribution in [0.1, 0.15) is 47.2 Å². The Morgan fingerprint density at radius 3 is 2.17 bits per heavy atom. The summed E-state index contributed by atoms with van der Waals surface area (Å²) in [5, 5.41) is 1.24. The molecule has 0 bridgehead atoms. The zero-order valence-corrected chi connectivity index (χ0v) is 25.3. The minimum Gasteiger partial charge on any atom is -0.492 e. The van der Waals surface area contributed by atoms with Crippen molar-refractivity contribution < 1.29 is 19.0 Å². The van der Waals surface area contributed by atoms with Crippen LogP contribution >= 0.6 is 11.3 Å². The van der Waals surface area contributed by atoms with Gasteiger partial charge < -0.3 is 14.2 Å². The number of fused-ring (bicyclic) bond motifs is 1. The van der Waals surface area contributed by atoms with Crippen LogP contribution in [-0.4, -0.2) is 75.4 Å². The molecule has 6 rings (SSSR count). The van der Waals surface area contributed by atoms with E-state index < -0.39 is 0 Å². The van der Waals surface area contributed by atoms with Gasteiger partial charge in [-0.15, -0.1) is 11.3 Å². The molecule has 7 heteroatoms. The van der Waals surface area contributed by atoms with E-state index in [1.54, 1.807) is 11.3 Å². The lowest BCUT2D eigenvalue weighted by atomic mass is 9.98. The molecule has 42 heavy (non-hydrogen) atoms. The van der Waals surface area contributed by atoms with Crippen molar-refractivity contribution in [2.75, 3.05) is 59.6 Å². The highest BCUT2D eigenvalue weighted by Gasteiger charge is 2.20. The zero-order valence-electron chi connectivity index (χ0n) is 24.5. The van der Waals surface area contributed by atoms with Crippen molar-refractivity contribution in [1.29, 1.82) is 0 Å². The first-order chi connectivity index (χ1) is 20.7. The van der Waals surface area contributed by atoms with Crippen LogP contribution in [-0.2, 0) is 11.2 Å². The molecule has 2 fully saturated rings. The van der Waals surface area contributed by atoms with Gasteiger partial charge in [-0.05, 0) is 117 Å². The first kappa shape index (κ1) is 28.7. The van der Waals surface area contributed by atoms with E-state index >= 15 is 0 Å². The molecule has 220 valence electrons. The fourth-order valence-electron chi connectivity index (χ4n) is 6.07. The Labute approximate surface area is 252 Å². The van der Waals surface area contributed by atoms with E-state index in [0.717, 1.165) is 55.4 Å². The second-order valence-electron chi connectivity index (χ2n) is 11.2. The number of rotatable bonds is 12. The van der Waals surface area contributed by atoms with Gasteiger partial charge in [0.1, 0.15) is 30.3 Å². The van der Waals surface area contributed by atoms with Crippen LogP contribution in [0.4, 0.5) is 0 Å². The van der Waals surface area contributed by atoms with Gasteiger partial charge in [0, 0.05) is 22.7 Å². The van der Waals surface area contributed by atoms with E-state index in [9.17, 15) is 4.79 Å². The van der Waals surface area contributed by atoms with Crippen LogP contribution in [0.3, 0.4) is 0 Å². The summed E-state index contributed by atoms with van der Waals surface area (Å²) in [5.41, 5.74) is 3.95. The largest absolute Gasteiger partial charge is 0.492 e. The fourth-order valence-corrected chi connectivity index (χ4v) is 7.29. The van der Waals surface area contributed by atoms with E-state index in [4.69, 9.17) is 14.2 Å². The van der Waals surface area contributed by atoms with Crippen LogP contribution in [0.15, 0.2) is 66.7 Å². The highest BCUT2D eigenvalue weighted by atomic mass is 32.1. The smallest absolute Gasteiger partial charge is 0.341 e. The molecule has 0 saturated carbocycles. The third-order valence-electron chi connectivity index (χ3n) is 8.39. The first-order valence-electron chi connectivity index (χ1n) is 15.2. The number of likely N-dealkylation sites (tertiary alicyclic amines) is 2. The minimum atomic E-state index is -0.379. The van der Waals surface area contributed by atoms with Crippen LogP contribution in [0.25, 0.3) is 20.5 Å². The van der Waals surface area contributed by atoms with Gasteiger partial charge in [-0.3, -0.25) is 9.80 Å². The Kier molecular flexibility index (Phi) is 9.38. The highest BCUT2D eigenvalue weighted by Crippen LogP contribution is 2.41. The fraction of sp³-hybridized carbons (Fsp3) is 0.400. The Morgan fingerprint density at radius 2 is 1.48 bits per heavy atom. The number of benzene rings is 3. The van der Waals surface area contributed by atoms with Crippen LogP contribution in [0.2, 0.25) is 0 Å². The number of nitrogens with zero attached hydrogens (tertiary/aromatic N) is 2. The lowest BCUT2D eigenvalue weighted by molar-refractivity contribution is 0.0595. The molecule has 2 aliphatic heterocycles. The van der Waals surface area contributed by atoms with Crippen molar-refractivity contribution in [2.45, 2.75) is 32.1 Å². The second kappa shape index (κ2) is 13.7. The average Bonchev–Trinajstić information content (AvgIpc) is 3.81. The van der Waals surface area contributed by atoms with Gasteiger partial charge in [-0.25, -0.2) is 4.79 Å². The number of carbonyl (C=O) groups is 1. The lowest BCUT2D eigenvalue weighted by Crippen LogP contribution is -2.25. The van der Waals surface area contributed by atoms with Crippen LogP contribution in [0, 0.1) is 0 Å². The van der Waals surface area contributed by atoms with E-state index in [1.807, 2.05) is 12.1 Å². The standard InChI is InChI=1S/C35H40N2O4S/c1-39-35(38)31-25-27(12-15-32(31)41-23-21-37-18-6-7-19-37)34-30(29-8-2-3-9-33(29)42-34)24-26-10-13-28(14-11-26)40-22-20-36-16-4-5-17-36/h2-3,8-15,25H,4-7,16-24H2,1H3. The number of esters is 1. The molecule has 0 radical (unpaired) electrons. The number of hydrogen-bond acceptors (Lipinski definition) is 7. The molecule has 0 unspecified atom stereocenters. The summed E-state index contributed by atoms with van der Waals surface area (Å²) in [5.74, 6) is 1.11. The maximum Gasteiger partial charge on any atom is 0.341 e. The third-order valence-corrected chi connectivity index (χ3v) is 9.65. The summed E-state index contributed by atoms with van der Waals surface area (Å²) in [6, 6.07) is 23.0. The first-order valence-corrected chi connectivity index (χ1v) is 16.0. The lowest BCUT2D eigenvalue weighted by Gasteiger charge is -2.17. The summed E-state index contributed by atoms with van der Waals surface area (Å²) >= 11 is 1.76. The van der Waals surface area contributed by atoms with E-state index in [2.05, 4.69) is 64.4 Å². The maximum atomic E-state index is 12.8. The Bertz CT molecular complexity index is 1490. The number of ether oxygens (including phenoxy) is 3. The maximum absolute atomic E-state index is 12.8. The number of hydrogen-bond donors (Lipinski definition) is 0. The molecule has 2 aliphatic rings. The Balaban J connectivity index is 1.22. The van der Waals surface area contributed by atoms with Crippen molar-refractivity contribution >= 4 is 27.4 Å². The molecule has 3 heterocycles. The van der Waals surface area contributed by atoms with E-state index in [0.29, 0.717) is 17.9 Å². The molecule has 3 aromatic carbocycles. The summed E-state index contributed by atoms with van der Waals surface area (Å²) in [6.45, 7) is 7.75. The quantitative estimate of drug-likeness (QED) is 0.169. The van der Waals surface area contributed by atoms with Gasteiger partial charge in [-0.2, -0.15) is 0 Å². The number of methoxy groups -OCH3 is 1. The Hall–Kier alpha value is -3.39. The summed E-state index contributed by atoms with van der Waals surface area (Å²) in [7, 11) is 1.42. The van der Waals surface area contributed by atoms with Crippen molar-refractivity contribution in [1.82, 2.24) is 9.80 Å². The molecule has 0 amide bonds. The summed E-state index contributed by atoms with van der Waals surface area (Å²) in [6.07, 6.45) is 5.88. The van der Waals surface area contributed by atoms with Gasteiger partial charge in [-0.1, -0.05) is 30.3 Å². The van der Waals surface area contributed by atoms with Crippen molar-refractivity contribution in [3.63, 3.8) is 0 Å². The molecule has 0 spiro atoms. The topological polar surface area (TPSA) is 51.2 Å². The van der Waals surface area contributed by atoms with Gasteiger partial charge >= 0.3 is 5.97 Å². The number of thiophene rings is 1. The van der Waals surface area contributed by atoms with Crippen molar-refractivity contribution in [3.8, 4) is 21.9 Å². The number of carbonyl (C=O) groups excluding carboxylic acids is 1. The van der Waals surface area contributed by atoms with Crippen molar-refractivity contribution in [2.24, 2.45) is 0 Å². The molecule has 1 aromatic heterocycles. The van der Waals surface area contributed by atoms with E-state index in [1.165, 1.54) is 67.1 Å². The minimum absolute atomic E-state index is 0.379. The van der Waals surface area contributed by atoms with Crippen LogP contribution < -0.4 is 9.47 Å². The molecule has 0 aliphatic carbocycles. The summed E-state index contributed by atoms with van der Waals surface area (Å²) < 4.78 is 18.5. The third kappa shape index (κ3) is 6.80. The average molecular weight is 585 g/mol. The molecule has 2 saturated heterocycles. The van der Waals surface area contributed by atoms with Gasteiger partial charge in [0.15, 0.2) is 0 Å². The SMILES string of the molecule is COC(=O)c1cc(-c2sc3ccccc3c2Cc2ccc(OCCN3CCCC3)cc2)ccc1OCCN1CCCC1. The summed E-state index contributed by atoms with van der Waals surface area (Å²) in [4.78, 5) is 18.9.